The minimum atomic E-state index is -0.676. The fourth-order valence-electron chi connectivity index (χ4n) is 2.74. The highest BCUT2D eigenvalue weighted by Gasteiger charge is 2.19. The van der Waals surface area contributed by atoms with Crippen molar-refractivity contribution in [2.24, 2.45) is 5.10 Å². The predicted octanol–water partition coefficient (Wildman–Crippen LogP) is 4.00. The van der Waals surface area contributed by atoms with Gasteiger partial charge in [-0.2, -0.15) is 5.10 Å². The Morgan fingerprint density at radius 1 is 1.08 bits per heavy atom. The van der Waals surface area contributed by atoms with Crippen molar-refractivity contribution in [3.63, 3.8) is 0 Å². The minimum Gasteiger partial charge on any atom is -0.363 e. The van der Waals surface area contributed by atoms with Gasteiger partial charge in [-0.05, 0) is 37.5 Å². The fourth-order valence-corrected chi connectivity index (χ4v) is 3.67. The summed E-state index contributed by atoms with van der Waals surface area (Å²) in [5.74, 6) is 0. The molecule has 0 unspecified atom stereocenters. The molecule has 1 fully saturated rings. The van der Waals surface area contributed by atoms with E-state index in [2.05, 4.69) is 15.4 Å². The lowest BCUT2D eigenvalue weighted by Crippen LogP contribution is -2.28. The van der Waals surface area contributed by atoms with Crippen LogP contribution in [0.5, 0.6) is 0 Å². The largest absolute Gasteiger partial charge is 0.363 e. The quantitative estimate of drug-likeness (QED) is 0.464. The maximum absolute atomic E-state index is 11.1. The molecule has 0 radical (unpaired) electrons. The number of nitrogens with zero attached hydrogens (tertiary/aromatic N) is 4. The zero-order valence-corrected chi connectivity index (χ0v) is 14.6. The highest BCUT2D eigenvalue weighted by molar-refractivity contribution is 7.17. The smallest absolute Gasteiger partial charge is 0.301 e. The molecule has 0 atom stereocenters. The summed E-state index contributed by atoms with van der Waals surface area (Å²) in [5.41, 5.74) is 1.97. The van der Waals surface area contributed by atoms with Crippen LogP contribution in [0.1, 0.15) is 24.1 Å². The van der Waals surface area contributed by atoms with E-state index in [9.17, 15) is 20.2 Å². The number of rotatable bonds is 6. The van der Waals surface area contributed by atoms with Crippen LogP contribution in [0.2, 0.25) is 0 Å². The molecule has 0 bridgehead atoms. The van der Waals surface area contributed by atoms with Gasteiger partial charge in [0.15, 0.2) is 0 Å². The number of anilines is 2. The molecule has 1 saturated heterocycles. The first kappa shape index (κ1) is 17.8. The van der Waals surface area contributed by atoms with Crippen LogP contribution in [0.25, 0.3) is 0 Å². The molecule has 10 heteroatoms. The van der Waals surface area contributed by atoms with Gasteiger partial charge in [0.2, 0.25) is 0 Å². The van der Waals surface area contributed by atoms with Crippen LogP contribution in [0.15, 0.2) is 35.4 Å². The molecule has 1 aliphatic heterocycles. The first-order chi connectivity index (χ1) is 12.5. The molecule has 0 aliphatic carbocycles. The van der Waals surface area contributed by atoms with Crippen LogP contribution in [-0.2, 0) is 0 Å². The maximum atomic E-state index is 11.1. The van der Waals surface area contributed by atoms with E-state index in [1.54, 1.807) is 17.6 Å². The predicted molar refractivity (Wildman–Crippen MR) is 101 cm³/mol. The zero-order valence-electron chi connectivity index (χ0n) is 13.8. The van der Waals surface area contributed by atoms with Crippen molar-refractivity contribution in [1.82, 2.24) is 0 Å². The molecule has 1 N–H and O–H groups in total. The van der Waals surface area contributed by atoms with Gasteiger partial charge >= 0.3 is 5.69 Å². The first-order valence-electron chi connectivity index (χ1n) is 8.11. The van der Waals surface area contributed by atoms with Crippen molar-refractivity contribution in [3.8, 4) is 0 Å². The minimum absolute atomic E-state index is 0.102. The van der Waals surface area contributed by atoms with Crippen LogP contribution < -0.4 is 10.3 Å². The van der Waals surface area contributed by atoms with E-state index >= 15 is 0 Å². The van der Waals surface area contributed by atoms with Gasteiger partial charge < -0.3 is 4.90 Å². The fraction of sp³-hybridized carbons (Fsp3) is 0.312. The second-order valence-corrected chi connectivity index (χ2v) is 6.90. The Labute approximate surface area is 153 Å². The summed E-state index contributed by atoms with van der Waals surface area (Å²) in [4.78, 5) is 23.8. The van der Waals surface area contributed by atoms with E-state index in [0.29, 0.717) is 0 Å². The molecule has 0 spiro atoms. The molecule has 0 amide bonds. The number of non-ortho nitro benzene ring substituents is 1. The molecule has 1 aromatic carbocycles. The summed E-state index contributed by atoms with van der Waals surface area (Å²) in [5, 5.41) is 27.1. The summed E-state index contributed by atoms with van der Waals surface area (Å²) in [6.45, 7) is 2.12. The molecule has 3 rings (SSSR count). The van der Waals surface area contributed by atoms with Crippen molar-refractivity contribution < 1.29 is 9.85 Å². The number of thiophene rings is 1. The highest BCUT2D eigenvalue weighted by Crippen LogP contribution is 2.30. The second-order valence-electron chi connectivity index (χ2n) is 5.81. The van der Waals surface area contributed by atoms with Gasteiger partial charge in [-0.15, -0.1) is 11.3 Å². The first-order valence-corrected chi connectivity index (χ1v) is 8.93. The van der Waals surface area contributed by atoms with Crippen molar-refractivity contribution >= 4 is 39.6 Å². The van der Waals surface area contributed by atoms with Crippen LogP contribution in [0, 0.1) is 20.2 Å². The topological polar surface area (TPSA) is 114 Å². The van der Waals surface area contributed by atoms with Gasteiger partial charge in [0, 0.05) is 24.0 Å². The van der Waals surface area contributed by atoms with Crippen molar-refractivity contribution in [3.05, 3.63) is 55.4 Å². The molecular weight excluding hydrogens is 358 g/mol. The summed E-state index contributed by atoms with van der Waals surface area (Å²) in [6, 6.07) is 7.39. The van der Waals surface area contributed by atoms with Gasteiger partial charge in [-0.25, -0.2) is 0 Å². The van der Waals surface area contributed by atoms with E-state index < -0.39 is 15.5 Å². The Morgan fingerprint density at radius 2 is 1.85 bits per heavy atom. The molecule has 1 aromatic heterocycles. The van der Waals surface area contributed by atoms with Crippen LogP contribution in [0.3, 0.4) is 0 Å². The Bertz CT molecular complexity index is 845. The Morgan fingerprint density at radius 3 is 2.54 bits per heavy atom. The van der Waals surface area contributed by atoms with Crippen molar-refractivity contribution in [2.45, 2.75) is 19.3 Å². The van der Waals surface area contributed by atoms with Gasteiger partial charge in [0.1, 0.15) is 5.69 Å². The molecule has 2 aromatic rings. The third kappa shape index (κ3) is 4.14. The summed E-state index contributed by atoms with van der Waals surface area (Å²) < 4.78 is 0. The average Bonchev–Trinajstić information content (AvgIpc) is 3.11. The van der Waals surface area contributed by atoms with Crippen molar-refractivity contribution in [2.75, 3.05) is 23.4 Å². The highest BCUT2D eigenvalue weighted by atomic mass is 32.1. The number of nitrogens with one attached hydrogen (secondary N) is 1. The summed E-state index contributed by atoms with van der Waals surface area (Å²) in [7, 11) is 0. The Kier molecular flexibility index (Phi) is 5.42. The number of hydrogen-bond acceptors (Lipinski definition) is 8. The SMILES string of the molecule is O=[N+]([O-])c1ccc(N/N=C\c2ccc(N3CCCCC3)s2)c([N+](=O)[O-])c1. The zero-order chi connectivity index (χ0) is 18.5. The lowest BCUT2D eigenvalue weighted by Gasteiger charge is -2.27. The van der Waals surface area contributed by atoms with Gasteiger partial charge in [0.05, 0.1) is 27.1 Å². The van der Waals surface area contributed by atoms with E-state index in [1.807, 2.05) is 12.1 Å². The van der Waals surface area contributed by atoms with Gasteiger partial charge in [0.25, 0.3) is 5.69 Å². The number of hydrazone groups is 1. The number of nitro groups is 2. The Balaban J connectivity index is 1.69. The molecule has 9 nitrogen and oxygen atoms in total. The van der Waals surface area contributed by atoms with E-state index in [-0.39, 0.29) is 11.4 Å². The number of nitro benzene ring substituents is 2. The second kappa shape index (κ2) is 7.91. The van der Waals surface area contributed by atoms with E-state index in [0.717, 1.165) is 24.0 Å². The van der Waals surface area contributed by atoms with Gasteiger partial charge in [-0.1, -0.05) is 0 Å². The number of piperidine rings is 1. The maximum Gasteiger partial charge on any atom is 0.301 e. The van der Waals surface area contributed by atoms with E-state index in [4.69, 9.17) is 0 Å². The third-order valence-corrected chi connectivity index (χ3v) is 5.13. The standard InChI is InChI=1S/C16H17N5O4S/c22-20(23)12-4-6-14(15(10-12)21(24)25)18-17-11-13-5-7-16(26-13)19-8-2-1-3-9-19/h4-7,10-11,18H,1-3,8-9H2/b17-11-. The van der Waals surface area contributed by atoms with Crippen LogP contribution in [-0.4, -0.2) is 29.2 Å². The molecule has 1 aliphatic rings. The monoisotopic (exact) mass is 375 g/mol. The van der Waals surface area contributed by atoms with Crippen molar-refractivity contribution in [1.29, 1.82) is 0 Å². The summed E-state index contributed by atoms with van der Waals surface area (Å²) in [6.07, 6.45) is 5.26. The molecule has 26 heavy (non-hydrogen) atoms. The number of benzene rings is 1. The third-order valence-electron chi connectivity index (χ3n) is 4.05. The summed E-state index contributed by atoms with van der Waals surface area (Å²) >= 11 is 1.60. The van der Waals surface area contributed by atoms with Crippen LogP contribution >= 0.6 is 11.3 Å². The Hall–Kier alpha value is -3.01. The van der Waals surface area contributed by atoms with Crippen LogP contribution in [0.4, 0.5) is 22.1 Å². The molecular formula is C16H17N5O4S. The lowest BCUT2D eigenvalue weighted by molar-refractivity contribution is -0.393. The molecule has 2 heterocycles. The lowest BCUT2D eigenvalue weighted by atomic mass is 10.1. The van der Waals surface area contributed by atoms with Gasteiger partial charge in [-0.3, -0.25) is 25.7 Å². The molecule has 136 valence electrons. The molecule has 0 saturated carbocycles. The normalized spacial score (nSPS) is 14.5. The van der Waals surface area contributed by atoms with E-state index in [1.165, 1.54) is 36.4 Å². The number of hydrogen-bond donors (Lipinski definition) is 1. The average molecular weight is 375 g/mol.